The van der Waals surface area contributed by atoms with Gasteiger partial charge in [-0.1, -0.05) is 6.07 Å². The molecule has 2 heterocycles. The predicted molar refractivity (Wildman–Crippen MR) is 91.9 cm³/mol. The van der Waals surface area contributed by atoms with Crippen LogP contribution in [0.15, 0.2) is 24.4 Å². The zero-order valence-electron chi connectivity index (χ0n) is 13.9. The van der Waals surface area contributed by atoms with Crippen molar-refractivity contribution in [3.8, 4) is 0 Å². The molecule has 1 unspecified atom stereocenters. The number of primary amides is 1. The highest BCUT2D eigenvalue weighted by Crippen LogP contribution is 2.15. The summed E-state index contributed by atoms with van der Waals surface area (Å²) < 4.78 is 24.6. The van der Waals surface area contributed by atoms with Crippen molar-refractivity contribution in [1.29, 1.82) is 0 Å². The lowest BCUT2D eigenvalue weighted by molar-refractivity contribution is -0.120. The molecular formula is C15H25N5O3S. The number of rotatable bonds is 8. The summed E-state index contributed by atoms with van der Waals surface area (Å²) in [7, 11) is -3.14. The number of sulfonamides is 1. The fraction of sp³-hybridized carbons (Fsp3) is 0.600. The molecule has 0 bridgehead atoms. The zero-order chi connectivity index (χ0) is 17.6. The van der Waals surface area contributed by atoms with Crippen molar-refractivity contribution in [2.75, 3.05) is 52.1 Å². The summed E-state index contributed by atoms with van der Waals surface area (Å²) in [6.45, 7) is 4.95. The molecule has 134 valence electrons. The third-order valence-corrected chi connectivity index (χ3v) is 4.81. The molecule has 0 spiro atoms. The van der Waals surface area contributed by atoms with Crippen molar-refractivity contribution >= 4 is 15.9 Å². The Morgan fingerprint density at radius 3 is 2.50 bits per heavy atom. The van der Waals surface area contributed by atoms with Crippen molar-refractivity contribution in [1.82, 2.24) is 19.5 Å². The van der Waals surface area contributed by atoms with Crippen molar-refractivity contribution < 1.29 is 13.2 Å². The van der Waals surface area contributed by atoms with Gasteiger partial charge in [-0.05, 0) is 12.1 Å². The van der Waals surface area contributed by atoms with Gasteiger partial charge in [0, 0.05) is 52.0 Å². The van der Waals surface area contributed by atoms with E-state index in [1.807, 2.05) is 18.2 Å². The lowest BCUT2D eigenvalue weighted by Gasteiger charge is -2.35. The van der Waals surface area contributed by atoms with Crippen molar-refractivity contribution in [3.05, 3.63) is 30.1 Å². The number of piperazine rings is 1. The first kappa shape index (κ1) is 18.8. The topological polar surface area (TPSA) is 109 Å². The fourth-order valence-electron chi connectivity index (χ4n) is 2.75. The normalized spacial score (nSPS) is 18.4. The summed E-state index contributed by atoms with van der Waals surface area (Å²) in [5.74, 6) is -0.780. The molecule has 8 nitrogen and oxygen atoms in total. The Labute approximate surface area is 143 Å². The van der Waals surface area contributed by atoms with Crippen molar-refractivity contribution in [2.45, 2.75) is 5.92 Å². The maximum Gasteiger partial charge on any atom is 0.227 e. The highest BCUT2D eigenvalue weighted by atomic mass is 32.2. The first-order valence-corrected chi connectivity index (χ1v) is 9.84. The van der Waals surface area contributed by atoms with Gasteiger partial charge in [-0.3, -0.25) is 19.6 Å². The van der Waals surface area contributed by atoms with Crippen LogP contribution in [-0.4, -0.2) is 81.2 Å². The maximum absolute atomic E-state index is 11.8. The molecule has 9 heteroatoms. The van der Waals surface area contributed by atoms with Gasteiger partial charge >= 0.3 is 0 Å². The van der Waals surface area contributed by atoms with Crippen molar-refractivity contribution in [2.24, 2.45) is 5.73 Å². The summed E-state index contributed by atoms with van der Waals surface area (Å²) in [4.78, 5) is 20.4. The molecule has 2 rings (SSSR count). The molecule has 1 aliphatic heterocycles. The van der Waals surface area contributed by atoms with Crippen LogP contribution in [0.4, 0.5) is 0 Å². The molecule has 1 saturated heterocycles. The lowest BCUT2D eigenvalue weighted by atomic mass is 10.0. The first-order chi connectivity index (χ1) is 11.3. The number of nitrogens with two attached hydrogens (primary N) is 1. The monoisotopic (exact) mass is 355 g/mol. The van der Waals surface area contributed by atoms with Gasteiger partial charge in [0.05, 0.1) is 17.9 Å². The van der Waals surface area contributed by atoms with E-state index in [4.69, 9.17) is 5.73 Å². The lowest BCUT2D eigenvalue weighted by Crippen LogP contribution is -2.50. The number of nitrogens with one attached hydrogen (secondary N) is 1. The number of amides is 1. The van der Waals surface area contributed by atoms with E-state index in [2.05, 4.69) is 19.5 Å². The van der Waals surface area contributed by atoms with Gasteiger partial charge < -0.3 is 5.73 Å². The molecule has 0 radical (unpaired) electrons. The number of hydrogen-bond donors (Lipinski definition) is 2. The number of aromatic nitrogens is 1. The highest BCUT2D eigenvalue weighted by molar-refractivity contribution is 7.88. The standard InChI is InChI=1S/C15H25N5O3S/c1-24(22,23)18-6-7-19-8-10-20(11-9-19)12-13(15(16)21)14-4-2-3-5-17-14/h2-5,13,18H,6-12H2,1H3,(H2,16,21). The van der Waals surface area contributed by atoms with Crippen LogP contribution < -0.4 is 10.5 Å². The van der Waals surface area contributed by atoms with Gasteiger partial charge in [-0.2, -0.15) is 0 Å². The number of carbonyl (C=O) groups excluding carboxylic acids is 1. The Hall–Kier alpha value is -1.55. The Balaban J connectivity index is 1.80. The van der Waals surface area contributed by atoms with Crippen LogP contribution in [-0.2, 0) is 14.8 Å². The van der Waals surface area contributed by atoms with Gasteiger partial charge in [-0.25, -0.2) is 13.1 Å². The average molecular weight is 355 g/mol. The molecule has 1 aliphatic rings. The van der Waals surface area contributed by atoms with E-state index < -0.39 is 15.9 Å². The first-order valence-electron chi connectivity index (χ1n) is 7.95. The maximum atomic E-state index is 11.8. The van der Waals surface area contributed by atoms with E-state index in [9.17, 15) is 13.2 Å². The molecule has 1 atom stereocenters. The minimum Gasteiger partial charge on any atom is -0.369 e. The minimum atomic E-state index is -3.14. The Morgan fingerprint density at radius 1 is 1.29 bits per heavy atom. The number of pyridine rings is 1. The van der Waals surface area contributed by atoms with Gasteiger partial charge in [0.1, 0.15) is 0 Å². The summed E-state index contributed by atoms with van der Waals surface area (Å²) in [6.07, 6.45) is 2.82. The second-order valence-corrected chi connectivity index (χ2v) is 7.85. The van der Waals surface area contributed by atoms with E-state index in [0.29, 0.717) is 25.3 Å². The smallest absolute Gasteiger partial charge is 0.227 e. The molecule has 24 heavy (non-hydrogen) atoms. The fourth-order valence-corrected chi connectivity index (χ4v) is 3.22. The molecule has 3 N–H and O–H groups in total. The quantitative estimate of drug-likeness (QED) is 0.607. The number of nitrogens with zero attached hydrogens (tertiary/aromatic N) is 3. The third-order valence-electron chi connectivity index (χ3n) is 4.09. The molecule has 0 aliphatic carbocycles. The van der Waals surface area contributed by atoms with Crippen LogP contribution in [0.3, 0.4) is 0 Å². The van der Waals surface area contributed by atoms with Crippen LogP contribution >= 0.6 is 0 Å². The SMILES string of the molecule is CS(=O)(=O)NCCN1CCN(CC(C(N)=O)c2ccccn2)CC1. The van der Waals surface area contributed by atoms with E-state index in [1.54, 1.807) is 6.20 Å². The second-order valence-electron chi connectivity index (χ2n) is 6.02. The molecule has 1 aromatic heterocycles. The Bertz CT molecular complexity index is 630. The molecule has 0 saturated carbocycles. The number of carbonyl (C=O) groups is 1. The molecule has 1 amide bonds. The van der Waals surface area contributed by atoms with Crippen LogP contribution in [0.2, 0.25) is 0 Å². The van der Waals surface area contributed by atoms with E-state index >= 15 is 0 Å². The largest absolute Gasteiger partial charge is 0.369 e. The van der Waals surface area contributed by atoms with Gasteiger partial charge in [-0.15, -0.1) is 0 Å². The van der Waals surface area contributed by atoms with Crippen LogP contribution in [0.5, 0.6) is 0 Å². The second kappa shape index (κ2) is 8.52. The van der Waals surface area contributed by atoms with Crippen LogP contribution in [0.1, 0.15) is 11.6 Å². The molecule has 1 aromatic rings. The number of hydrogen-bond acceptors (Lipinski definition) is 6. The average Bonchev–Trinajstić information content (AvgIpc) is 2.53. The van der Waals surface area contributed by atoms with Gasteiger partial charge in [0.25, 0.3) is 0 Å². The van der Waals surface area contributed by atoms with Gasteiger partial charge in [0.2, 0.25) is 15.9 Å². The highest BCUT2D eigenvalue weighted by Gasteiger charge is 2.25. The predicted octanol–water partition coefficient (Wildman–Crippen LogP) is -1.18. The van der Waals surface area contributed by atoms with Crippen LogP contribution in [0, 0.1) is 0 Å². The summed E-state index contributed by atoms with van der Waals surface area (Å²) >= 11 is 0. The Morgan fingerprint density at radius 2 is 1.96 bits per heavy atom. The molecule has 1 fully saturated rings. The van der Waals surface area contributed by atoms with Crippen LogP contribution in [0.25, 0.3) is 0 Å². The summed E-state index contributed by atoms with van der Waals surface area (Å²) in [5, 5.41) is 0. The van der Waals surface area contributed by atoms with Crippen molar-refractivity contribution in [3.63, 3.8) is 0 Å². The van der Waals surface area contributed by atoms with E-state index in [1.165, 1.54) is 0 Å². The molecule has 0 aromatic carbocycles. The zero-order valence-corrected chi connectivity index (χ0v) is 14.7. The third kappa shape index (κ3) is 6.16. The van der Waals surface area contributed by atoms with Gasteiger partial charge in [0.15, 0.2) is 0 Å². The minimum absolute atomic E-state index is 0.367. The summed E-state index contributed by atoms with van der Waals surface area (Å²) in [5.41, 5.74) is 6.24. The Kier molecular flexibility index (Phi) is 6.67. The van der Waals surface area contributed by atoms with E-state index in [-0.39, 0.29) is 5.91 Å². The molecular weight excluding hydrogens is 330 g/mol. The van der Waals surface area contributed by atoms with E-state index in [0.717, 1.165) is 32.4 Å². The summed E-state index contributed by atoms with van der Waals surface area (Å²) in [6, 6.07) is 5.48.